The maximum atomic E-state index is 12.0. The highest BCUT2D eigenvalue weighted by atomic mass is 35.5. The summed E-state index contributed by atoms with van der Waals surface area (Å²) in [5.41, 5.74) is 3.02. The van der Waals surface area contributed by atoms with Crippen LogP contribution in [-0.4, -0.2) is 28.3 Å². The molecule has 0 bridgehead atoms. The van der Waals surface area contributed by atoms with Crippen LogP contribution in [0.1, 0.15) is 38.3 Å². The zero-order valence-corrected chi connectivity index (χ0v) is 17.2. The molecule has 0 saturated carbocycles. The maximum absolute atomic E-state index is 12.0. The van der Waals surface area contributed by atoms with Gasteiger partial charge in [-0.05, 0) is 29.8 Å². The van der Waals surface area contributed by atoms with Gasteiger partial charge in [0.15, 0.2) is 5.78 Å². The van der Waals surface area contributed by atoms with Crippen molar-refractivity contribution in [1.29, 1.82) is 0 Å². The first kappa shape index (κ1) is 20.0. The fourth-order valence-corrected chi connectivity index (χ4v) is 4.43. The summed E-state index contributed by atoms with van der Waals surface area (Å²) in [5.74, 6) is -0.743. The van der Waals surface area contributed by atoms with E-state index in [-0.39, 0.29) is 28.0 Å². The van der Waals surface area contributed by atoms with Gasteiger partial charge in [-0.3, -0.25) is 9.59 Å². The van der Waals surface area contributed by atoms with Crippen LogP contribution in [-0.2, 0) is 4.79 Å². The first-order valence-corrected chi connectivity index (χ1v) is 10.2. The Bertz CT molecular complexity index is 1360. The van der Waals surface area contributed by atoms with Gasteiger partial charge in [-0.15, -0.1) is 0 Å². The fraction of sp³-hybridized carbons (Fsp3) is 0.0800. The second kappa shape index (κ2) is 7.35. The van der Waals surface area contributed by atoms with Gasteiger partial charge in [-0.25, -0.2) is 4.79 Å². The molecular formula is C25H15ClO6. The number of carboxylic acid groups (broad SMARTS) is 1. The van der Waals surface area contributed by atoms with Crippen molar-refractivity contribution in [3.8, 4) is 11.5 Å². The molecular weight excluding hydrogens is 432 g/mol. The number of aldehydes is 1. The van der Waals surface area contributed by atoms with Crippen LogP contribution >= 0.6 is 11.6 Å². The molecule has 7 heteroatoms. The molecule has 1 atom stereocenters. The van der Waals surface area contributed by atoms with Gasteiger partial charge >= 0.3 is 5.97 Å². The summed E-state index contributed by atoms with van der Waals surface area (Å²) in [5, 5.41) is 20.1. The Hall–Kier alpha value is -3.90. The minimum atomic E-state index is -1.15. The topological polar surface area (TPSA) is 101 Å². The summed E-state index contributed by atoms with van der Waals surface area (Å²) in [6, 6.07) is 7.22. The third-order valence-electron chi connectivity index (χ3n) is 5.75. The first-order chi connectivity index (χ1) is 15.4. The molecule has 6 nitrogen and oxygen atoms in total. The average molecular weight is 447 g/mol. The largest absolute Gasteiger partial charge is 0.506 e. The molecule has 0 radical (unpaired) electrons. The normalized spacial score (nSPS) is 18.7. The van der Waals surface area contributed by atoms with E-state index >= 15 is 0 Å². The van der Waals surface area contributed by atoms with Crippen molar-refractivity contribution < 1.29 is 29.3 Å². The number of aromatic hydroxyl groups is 1. The van der Waals surface area contributed by atoms with Gasteiger partial charge in [0.2, 0.25) is 0 Å². The zero-order chi connectivity index (χ0) is 22.6. The van der Waals surface area contributed by atoms with E-state index in [1.165, 1.54) is 36.4 Å². The van der Waals surface area contributed by atoms with E-state index in [4.69, 9.17) is 16.3 Å². The third-order valence-corrected chi connectivity index (χ3v) is 6.05. The molecule has 5 rings (SSSR count). The summed E-state index contributed by atoms with van der Waals surface area (Å²) in [7, 11) is 0. The van der Waals surface area contributed by atoms with Crippen molar-refractivity contribution >= 4 is 35.2 Å². The number of benzene rings is 2. The van der Waals surface area contributed by atoms with E-state index in [9.17, 15) is 24.6 Å². The highest BCUT2D eigenvalue weighted by Gasteiger charge is 2.34. The number of hydrogen-bond donors (Lipinski definition) is 2. The molecule has 2 aromatic carbocycles. The van der Waals surface area contributed by atoms with Crippen LogP contribution in [0.5, 0.6) is 11.5 Å². The van der Waals surface area contributed by atoms with Crippen molar-refractivity contribution in [2.45, 2.75) is 6.42 Å². The van der Waals surface area contributed by atoms with Crippen molar-refractivity contribution in [3.63, 3.8) is 0 Å². The Morgan fingerprint density at radius 3 is 2.69 bits per heavy atom. The summed E-state index contributed by atoms with van der Waals surface area (Å²) in [6.45, 7) is 0. The number of ether oxygens (including phenoxy) is 1. The van der Waals surface area contributed by atoms with Crippen molar-refractivity contribution in [2.24, 2.45) is 5.92 Å². The first-order valence-electron chi connectivity index (χ1n) is 9.79. The van der Waals surface area contributed by atoms with Crippen molar-refractivity contribution in [2.75, 3.05) is 0 Å². The number of carboxylic acids is 1. The number of aromatic carboxylic acids is 1. The Balaban J connectivity index is 1.89. The number of hydrogen-bond acceptors (Lipinski definition) is 5. The standard InChI is InChI=1S/C25H15ClO6/c26-20-9-19-22(10-21(20)29)32-24-15-6-3-14(28)8-13(15)2-5-17(24)23(19)18-7-12(11-27)1-4-16(18)25(30)31/h1-7,9-11,13,29H,8H2,(H,30,31). The van der Waals surface area contributed by atoms with Gasteiger partial charge in [-0.1, -0.05) is 35.9 Å². The number of fused-ring (bicyclic) bond motifs is 3. The molecule has 0 spiro atoms. The Morgan fingerprint density at radius 2 is 1.94 bits per heavy atom. The molecule has 158 valence electrons. The molecule has 2 aromatic rings. The van der Waals surface area contributed by atoms with E-state index in [1.54, 1.807) is 12.2 Å². The molecule has 32 heavy (non-hydrogen) atoms. The van der Waals surface area contributed by atoms with E-state index in [0.717, 1.165) is 5.57 Å². The lowest BCUT2D eigenvalue weighted by atomic mass is 9.78. The molecule has 1 heterocycles. The molecule has 1 aliphatic heterocycles. The lowest BCUT2D eigenvalue weighted by Gasteiger charge is -2.32. The number of phenolic OH excluding ortho intramolecular Hbond substituents is 1. The van der Waals surface area contributed by atoms with Crippen molar-refractivity contribution in [3.05, 3.63) is 98.8 Å². The van der Waals surface area contributed by atoms with Crippen LogP contribution in [0.25, 0.3) is 5.57 Å². The SMILES string of the molecule is O=Cc1ccc(C(=O)O)c(C2=C3C=CC4CC(=O)C=CC4=C3Oc3cc(O)c(Cl)cc32)c1. The summed E-state index contributed by atoms with van der Waals surface area (Å²) < 4.78 is 6.16. The Labute approximate surface area is 187 Å². The van der Waals surface area contributed by atoms with E-state index < -0.39 is 5.97 Å². The minimum Gasteiger partial charge on any atom is -0.506 e. The highest BCUT2D eigenvalue weighted by Crippen LogP contribution is 2.49. The maximum Gasteiger partial charge on any atom is 0.336 e. The third kappa shape index (κ3) is 3.08. The molecule has 1 unspecified atom stereocenters. The van der Waals surface area contributed by atoms with Gasteiger partial charge in [-0.2, -0.15) is 0 Å². The van der Waals surface area contributed by atoms with E-state index in [2.05, 4.69) is 0 Å². The summed E-state index contributed by atoms with van der Waals surface area (Å²) in [6.07, 6.45) is 7.82. The molecule has 0 saturated heterocycles. The van der Waals surface area contributed by atoms with Crippen LogP contribution < -0.4 is 4.74 Å². The highest BCUT2D eigenvalue weighted by molar-refractivity contribution is 6.32. The minimum absolute atomic E-state index is 0.00383. The number of allylic oxidation sites excluding steroid dienone is 5. The number of phenols is 1. The van der Waals surface area contributed by atoms with Gasteiger partial charge in [0, 0.05) is 46.3 Å². The summed E-state index contributed by atoms with van der Waals surface area (Å²) in [4.78, 5) is 35.4. The number of carbonyl (C=O) groups excluding carboxylic acids is 2. The van der Waals surface area contributed by atoms with Crippen LogP contribution in [0.3, 0.4) is 0 Å². The Morgan fingerprint density at radius 1 is 1.12 bits per heavy atom. The van der Waals surface area contributed by atoms with E-state index in [1.807, 2.05) is 6.08 Å². The second-order valence-electron chi connectivity index (χ2n) is 7.67. The van der Waals surface area contributed by atoms with Crippen LogP contribution in [0.15, 0.2) is 71.5 Å². The van der Waals surface area contributed by atoms with Gasteiger partial charge < -0.3 is 14.9 Å². The van der Waals surface area contributed by atoms with Crippen LogP contribution in [0.2, 0.25) is 5.02 Å². The quantitative estimate of drug-likeness (QED) is 0.661. The van der Waals surface area contributed by atoms with E-state index in [0.29, 0.717) is 52.1 Å². The number of rotatable bonds is 3. The smallest absolute Gasteiger partial charge is 0.336 e. The predicted molar refractivity (Wildman–Crippen MR) is 117 cm³/mol. The fourth-order valence-electron chi connectivity index (χ4n) is 4.27. The summed E-state index contributed by atoms with van der Waals surface area (Å²) >= 11 is 6.18. The van der Waals surface area contributed by atoms with Gasteiger partial charge in [0.05, 0.1) is 10.6 Å². The van der Waals surface area contributed by atoms with Crippen molar-refractivity contribution in [1.82, 2.24) is 0 Å². The number of ketones is 1. The van der Waals surface area contributed by atoms with Crippen LogP contribution in [0, 0.1) is 5.92 Å². The lowest BCUT2D eigenvalue weighted by molar-refractivity contribution is -0.115. The monoisotopic (exact) mass is 446 g/mol. The molecule has 2 aliphatic carbocycles. The molecule has 0 aromatic heterocycles. The molecule has 0 amide bonds. The lowest BCUT2D eigenvalue weighted by Crippen LogP contribution is -2.22. The predicted octanol–water partition coefficient (Wildman–Crippen LogP) is 4.72. The van der Waals surface area contributed by atoms with Gasteiger partial charge in [0.1, 0.15) is 23.5 Å². The second-order valence-corrected chi connectivity index (χ2v) is 8.08. The number of halogens is 1. The zero-order valence-electron chi connectivity index (χ0n) is 16.5. The molecule has 2 N–H and O–H groups in total. The molecule has 0 fully saturated rings. The Kier molecular flexibility index (Phi) is 4.60. The average Bonchev–Trinajstić information content (AvgIpc) is 2.77. The van der Waals surface area contributed by atoms with Gasteiger partial charge in [0.25, 0.3) is 0 Å². The number of carbonyl (C=O) groups is 3. The van der Waals surface area contributed by atoms with Crippen LogP contribution in [0.4, 0.5) is 0 Å². The molecule has 3 aliphatic rings.